The number of thiocarbonyl (C=S) groups is 1. The third kappa shape index (κ3) is 2.75. The SMILES string of the molecule is CCN1C(=O)/C(=C/c2cc(Cl)cc(Cl)c2OC)NC1=S. The fourth-order valence-corrected chi connectivity index (χ4v) is 2.83. The Morgan fingerprint density at radius 2 is 2.15 bits per heavy atom. The molecule has 0 unspecified atom stereocenters. The smallest absolute Gasteiger partial charge is 0.276 e. The first-order valence-electron chi connectivity index (χ1n) is 5.85. The summed E-state index contributed by atoms with van der Waals surface area (Å²) in [5.74, 6) is 0.273. The lowest BCUT2D eigenvalue weighted by atomic mass is 10.1. The monoisotopic (exact) mass is 330 g/mol. The first-order chi connectivity index (χ1) is 9.47. The Kier molecular flexibility index (Phi) is 4.52. The summed E-state index contributed by atoms with van der Waals surface area (Å²) < 4.78 is 5.24. The van der Waals surface area contributed by atoms with E-state index in [1.54, 1.807) is 18.2 Å². The van der Waals surface area contributed by atoms with Gasteiger partial charge in [-0.3, -0.25) is 9.69 Å². The molecule has 0 aromatic heterocycles. The van der Waals surface area contributed by atoms with Crippen LogP contribution in [0.5, 0.6) is 5.75 Å². The number of nitrogens with one attached hydrogen (secondary N) is 1. The van der Waals surface area contributed by atoms with Crippen molar-refractivity contribution >= 4 is 52.5 Å². The summed E-state index contributed by atoms with van der Waals surface area (Å²) >= 11 is 17.1. The van der Waals surface area contributed by atoms with Crippen molar-refractivity contribution in [1.82, 2.24) is 10.2 Å². The molecule has 1 aromatic rings. The Bertz CT molecular complexity index is 617. The van der Waals surface area contributed by atoms with Crippen molar-refractivity contribution in [3.63, 3.8) is 0 Å². The van der Waals surface area contributed by atoms with Gasteiger partial charge in [-0.1, -0.05) is 23.2 Å². The Morgan fingerprint density at radius 1 is 1.45 bits per heavy atom. The largest absolute Gasteiger partial charge is 0.495 e. The average molecular weight is 331 g/mol. The van der Waals surface area contributed by atoms with Gasteiger partial charge in [-0.2, -0.15) is 0 Å². The number of carbonyl (C=O) groups is 1. The molecule has 0 aliphatic carbocycles. The number of hydrogen-bond donors (Lipinski definition) is 1. The first kappa shape index (κ1) is 15.1. The Balaban J connectivity index is 2.46. The maximum absolute atomic E-state index is 12.1. The number of benzene rings is 1. The number of hydrogen-bond acceptors (Lipinski definition) is 3. The molecule has 1 heterocycles. The number of amides is 1. The van der Waals surface area contributed by atoms with Gasteiger partial charge in [0, 0.05) is 17.1 Å². The van der Waals surface area contributed by atoms with E-state index in [-0.39, 0.29) is 5.91 Å². The topological polar surface area (TPSA) is 41.6 Å². The number of likely N-dealkylation sites (N-methyl/N-ethyl adjacent to an activating group) is 1. The molecular weight excluding hydrogens is 319 g/mol. The number of halogens is 2. The summed E-state index contributed by atoms with van der Waals surface area (Å²) in [7, 11) is 1.50. The maximum atomic E-state index is 12.1. The van der Waals surface area contributed by atoms with Gasteiger partial charge in [0.05, 0.1) is 12.1 Å². The van der Waals surface area contributed by atoms with Crippen LogP contribution < -0.4 is 10.1 Å². The van der Waals surface area contributed by atoms with Gasteiger partial charge >= 0.3 is 0 Å². The van der Waals surface area contributed by atoms with Crippen LogP contribution in [0.4, 0.5) is 0 Å². The van der Waals surface area contributed by atoms with Crippen LogP contribution in [0.1, 0.15) is 12.5 Å². The fourth-order valence-electron chi connectivity index (χ4n) is 1.92. The second-order valence-corrected chi connectivity index (χ2v) is 5.28. The van der Waals surface area contributed by atoms with Crippen molar-refractivity contribution in [2.24, 2.45) is 0 Å². The standard InChI is InChI=1S/C13H12Cl2N2O2S/c1-3-17-12(18)10(16-13(17)20)5-7-4-8(14)6-9(15)11(7)19-2/h4-6H,3H2,1-2H3,(H,16,20)/b10-5-. The van der Waals surface area contributed by atoms with E-state index >= 15 is 0 Å². The molecule has 1 amide bonds. The van der Waals surface area contributed by atoms with Crippen LogP contribution in [-0.4, -0.2) is 29.6 Å². The molecule has 20 heavy (non-hydrogen) atoms. The highest BCUT2D eigenvalue weighted by Gasteiger charge is 2.29. The lowest BCUT2D eigenvalue weighted by molar-refractivity contribution is -0.122. The van der Waals surface area contributed by atoms with Crippen molar-refractivity contribution < 1.29 is 9.53 Å². The minimum Gasteiger partial charge on any atom is -0.495 e. The molecule has 7 heteroatoms. The molecule has 0 spiro atoms. The molecule has 1 fully saturated rings. The van der Waals surface area contributed by atoms with Crippen LogP contribution in [-0.2, 0) is 4.79 Å². The van der Waals surface area contributed by atoms with Gasteiger partial charge in [-0.05, 0) is 37.4 Å². The fraction of sp³-hybridized carbons (Fsp3) is 0.231. The second-order valence-electron chi connectivity index (χ2n) is 4.05. The van der Waals surface area contributed by atoms with Crippen LogP contribution in [0.3, 0.4) is 0 Å². The molecule has 4 nitrogen and oxygen atoms in total. The Hall–Kier alpha value is -1.30. The number of nitrogens with zero attached hydrogens (tertiary/aromatic N) is 1. The summed E-state index contributed by atoms with van der Waals surface area (Å²) in [4.78, 5) is 13.6. The van der Waals surface area contributed by atoms with Crippen molar-refractivity contribution in [2.45, 2.75) is 6.92 Å². The van der Waals surface area contributed by atoms with E-state index in [9.17, 15) is 4.79 Å². The molecule has 106 valence electrons. The quantitative estimate of drug-likeness (QED) is 0.683. The van der Waals surface area contributed by atoms with Crippen LogP contribution in [0.15, 0.2) is 17.8 Å². The van der Waals surface area contributed by atoms with Gasteiger partial charge in [0.1, 0.15) is 11.4 Å². The normalized spacial score (nSPS) is 16.8. The van der Waals surface area contributed by atoms with Crippen molar-refractivity contribution in [1.29, 1.82) is 0 Å². The van der Waals surface area contributed by atoms with E-state index in [2.05, 4.69) is 5.32 Å². The van der Waals surface area contributed by atoms with Crippen molar-refractivity contribution in [3.05, 3.63) is 33.4 Å². The van der Waals surface area contributed by atoms with Gasteiger partial charge in [0.15, 0.2) is 5.11 Å². The van der Waals surface area contributed by atoms with Crippen LogP contribution in [0.25, 0.3) is 6.08 Å². The highest BCUT2D eigenvalue weighted by molar-refractivity contribution is 7.80. The van der Waals surface area contributed by atoms with Gasteiger partial charge < -0.3 is 10.1 Å². The zero-order valence-electron chi connectivity index (χ0n) is 10.9. The minimum atomic E-state index is -0.185. The number of ether oxygens (including phenoxy) is 1. The zero-order chi connectivity index (χ0) is 14.9. The number of carbonyl (C=O) groups excluding carboxylic acids is 1. The van der Waals surface area contributed by atoms with Gasteiger partial charge in [-0.25, -0.2) is 0 Å². The number of methoxy groups -OCH3 is 1. The van der Waals surface area contributed by atoms with E-state index in [1.807, 2.05) is 6.92 Å². The summed E-state index contributed by atoms with van der Waals surface area (Å²) in [6.45, 7) is 2.36. The highest BCUT2D eigenvalue weighted by atomic mass is 35.5. The summed E-state index contributed by atoms with van der Waals surface area (Å²) in [6.07, 6.45) is 1.63. The molecule has 0 atom stereocenters. The molecule has 0 bridgehead atoms. The Labute approximate surface area is 132 Å². The van der Waals surface area contributed by atoms with Gasteiger partial charge in [0.25, 0.3) is 5.91 Å². The molecule has 2 rings (SSSR count). The molecular formula is C13H12Cl2N2O2S. The predicted molar refractivity (Wildman–Crippen MR) is 84.1 cm³/mol. The summed E-state index contributed by atoms with van der Waals surface area (Å²) in [6, 6.07) is 3.25. The van der Waals surface area contributed by atoms with Crippen LogP contribution >= 0.6 is 35.4 Å². The third-order valence-electron chi connectivity index (χ3n) is 2.82. The van der Waals surface area contributed by atoms with E-state index in [0.717, 1.165) is 0 Å². The molecule has 1 aliphatic heterocycles. The highest BCUT2D eigenvalue weighted by Crippen LogP contribution is 2.33. The molecule has 1 aromatic carbocycles. The molecule has 0 saturated carbocycles. The maximum Gasteiger partial charge on any atom is 0.276 e. The molecule has 1 saturated heterocycles. The van der Waals surface area contributed by atoms with E-state index < -0.39 is 0 Å². The van der Waals surface area contributed by atoms with Crippen molar-refractivity contribution in [2.75, 3.05) is 13.7 Å². The lowest BCUT2D eigenvalue weighted by Gasteiger charge is -2.09. The Morgan fingerprint density at radius 3 is 2.70 bits per heavy atom. The molecule has 1 aliphatic rings. The van der Waals surface area contributed by atoms with E-state index in [1.165, 1.54) is 12.0 Å². The zero-order valence-corrected chi connectivity index (χ0v) is 13.2. The van der Waals surface area contributed by atoms with Crippen molar-refractivity contribution in [3.8, 4) is 5.75 Å². The van der Waals surface area contributed by atoms with Crippen LogP contribution in [0.2, 0.25) is 10.0 Å². The first-order valence-corrected chi connectivity index (χ1v) is 7.02. The second kappa shape index (κ2) is 5.99. The van der Waals surface area contributed by atoms with Crippen LogP contribution in [0, 0.1) is 0 Å². The third-order valence-corrected chi connectivity index (χ3v) is 3.64. The van der Waals surface area contributed by atoms with E-state index in [4.69, 9.17) is 40.2 Å². The molecule has 1 N–H and O–H groups in total. The number of rotatable bonds is 3. The average Bonchev–Trinajstić information content (AvgIpc) is 2.63. The predicted octanol–water partition coefficient (Wildman–Crippen LogP) is 3.08. The van der Waals surface area contributed by atoms with E-state index in [0.29, 0.717) is 38.7 Å². The minimum absolute atomic E-state index is 0.185. The van der Waals surface area contributed by atoms with Gasteiger partial charge in [-0.15, -0.1) is 0 Å². The summed E-state index contributed by atoms with van der Waals surface area (Å²) in [5.41, 5.74) is 0.982. The lowest BCUT2D eigenvalue weighted by Crippen LogP contribution is -2.30. The summed E-state index contributed by atoms with van der Waals surface area (Å²) in [5, 5.41) is 4.10. The van der Waals surface area contributed by atoms with Gasteiger partial charge in [0.2, 0.25) is 0 Å². The molecule has 0 radical (unpaired) electrons.